The first-order chi connectivity index (χ1) is 16.4. The Hall–Kier alpha value is -2.37. The van der Waals surface area contributed by atoms with Crippen molar-refractivity contribution in [1.29, 1.82) is 0 Å². The van der Waals surface area contributed by atoms with E-state index in [-0.39, 0.29) is 5.76 Å². The van der Waals surface area contributed by atoms with Crippen molar-refractivity contribution in [3.8, 4) is 11.5 Å². The van der Waals surface area contributed by atoms with E-state index < -0.39 is 5.91 Å². The summed E-state index contributed by atoms with van der Waals surface area (Å²) in [7, 11) is 0. The highest BCUT2D eigenvalue weighted by atomic mass is 127. The van der Waals surface area contributed by atoms with Crippen LogP contribution in [-0.2, 0) is 6.61 Å². The molecule has 0 saturated heterocycles. The summed E-state index contributed by atoms with van der Waals surface area (Å²) in [5.41, 5.74) is 4.94. The second-order valence-electron chi connectivity index (χ2n) is 7.15. The summed E-state index contributed by atoms with van der Waals surface area (Å²) in [6.45, 7) is 2.84. The normalized spacial score (nSPS) is 11.2. The van der Waals surface area contributed by atoms with Gasteiger partial charge in [-0.1, -0.05) is 46.3 Å². The molecule has 0 bridgehead atoms. The third-order valence-corrected chi connectivity index (χ3v) is 6.55. The number of hydrogen-bond acceptors (Lipinski definition) is 5. The van der Waals surface area contributed by atoms with Gasteiger partial charge in [0.25, 0.3) is 0 Å². The van der Waals surface area contributed by atoms with Crippen LogP contribution in [0.3, 0.4) is 0 Å². The van der Waals surface area contributed by atoms with E-state index >= 15 is 0 Å². The molecule has 0 radical (unpaired) electrons. The van der Waals surface area contributed by atoms with E-state index in [4.69, 9.17) is 13.9 Å². The maximum absolute atomic E-state index is 12.5. The molecule has 0 aliphatic rings. The average molecular weight is 698 g/mol. The number of rotatable bonds is 8. The van der Waals surface area contributed by atoms with Crippen LogP contribution < -0.4 is 14.9 Å². The van der Waals surface area contributed by atoms with E-state index in [1.165, 1.54) is 0 Å². The van der Waals surface area contributed by atoms with Gasteiger partial charge in [0.1, 0.15) is 12.2 Å². The zero-order valence-electron chi connectivity index (χ0n) is 18.0. The van der Waals surface area contributed by atoms with Gasteiger partial charge in [-0.15, -0.1) is 0 Å². The Morgan fingerprint density at radius 2 is 1.91 bits per heavy atom. The molecule has 4 rings (SSSR count). The highest BCUT2D eigenvalue weighted by molar-refractivity contribution is 14.1. The number of nitrogens with one attached hydrogen (secondary N) is 1. The van der Waals surface area contributed by atoms with E-state index in [9.17, 15) is 4.79 Å². The summed E-state index contributed by atoms with van der Waals surface area (Å²) >= 11 is 9.08. The van der Waals surface area contributed by atoms with Gasteiger partial charge in [-0.2, -0.15) is 5.10 Å². The zero-order chi connectivity index (χ0) is 24.1. The number of ether oxygens (including phenoxy) is 2. The Balaban J connectivity index is 1.48. The molecule has 1 aromatic heterocycles. The standard InChI is InChI=1S/C25H19Br2IN2O4/c1-2-32-21-9-16(8-20(28)24(21)33-14-15-6-4-3-5-7-15)13-29-30-25(31)22-11-17-10-18(26)12-19(27)23(17)34-22/h3-13H,2,14H2,1H3,(H,30,31)/b29-13-. The fraction of sp³-hybridized carbons (Fsp3) is 0.120. The van der Waals surface area contributed by atoms with Crippen molar-refractivity contribution in [3.63, 3.8) is 0 Å². The topological polar surface area (TPSA) is 73.1 Å². The number of hydrogen-bond donors (Lipinski definition) is 1. The average Bonchev–Trinajstić information content (AvgIpc) is 3.24. The fourth-order valence-corrected chi connectivity index (χ4v) is 5.32. The number of fused-ring (bicyclic) bond motifs is 1. The molecule has 1 amide bonds. The van der Waals surface area contributed by atoms with E-state index in [0.29, 0.717) is 30.3 Å². The molecular weight excluding hydrogens is 679 g/mol. The molecule has 0 saturated carbocycles. The monoisotopic (exact) mass is 696 g/mol. The van der Waals surface area contributed by atoms with E-state index in [1.807, 2.05) is 61.5 Å². The van der Waals surface area contributed by atoms with Crippen molar-refractivity contribution in [3.05, 3.63) is 90.1 Å². The van der Waals surface area contributed by atoms with Crippen LogP contribution >= 0.6 is 54.5 Å². The van der Waals surface area contributed by atoms with Gasteiger partial charge < -0.3 is 13.9 Å². The molecule has 1 heterocycles. The third kappa shape index (κ3) is 6.00. The van der Waals surface area contributed by atoms with Crippen LogP contribution in [0.4, 0.5) is 0 Å². The van der Waals surface area contributed by atoms with Crippen LogP contribution in [0.15, 0.2) is 79.1 Å². The molecule has 3 aromatic carbocycles. The van der Waals surface area contributed by atoms with Crippen LogP contribution in [0, 0.1) is 3.57 Å². The number of amides is 1. The molecule has 0 aliphatic heterocycles. The van der Waals surface area contributed by atoms with Crippen LogP contribution in [0.2, 0.25) is 0 Å². The van der Waals surface area contributed by atoms with Gasteiger partial charge in [0.2, 0.25) is 0 Å². The third-order valence-electron chi connectivity index (χ3n) is 4.70. The van der Waals surface area contributed by atoms with Crippen molar-refractivity contribution in [2.24, 2.45) is 5.10 Å². The maximum atomic E-state index is 12.5. The molecule has 0 unspecified atom stereocenters. The van der Waals surface area contributed by atoms with Gasteiger partial charge in [0.15, 0.2) is 17.3 Å². The minimum absolute atomic E-state index is 0.167. The molecular formula is C25H19Br2IN2O4. The largest absolute Gasteiger partial charge is 0.490 e. The van der Waals surface area contributed by atoms with Crippen molar-refractivity contribution in [1.82, 2.24) is 5.43 Å². The van der Waals surface area contributed by atoms with Crippen LogP contribution in [0.25, 0.3) is 11.0 Å². The first-order valence-corrected chi connectivity index (χ1v) is 13.0. The Bertz CT molecular complexity index is 1360. The minimum Gasteiger partial charge on any atom is -0.490 e. The highest BCUT2D eigenvalue weighted by Crippen LogP contribution is 2.35. The number of halogens is 3. The van der Waals surface area contributed by atoms with Crippen molar-refractivity contribution in [2.45, 2.75) is 13.5 Å². The Morgan fingerprint density at radius 3 is 2.68 bits per heavy atom. The number of benzene rings is 3. The number of carbonyl (C=O) groups is 1. The van der Waals surface area contributed by atoms with Crippen molar-refractivity contribution < 1.29 is 18.7 Å². The summed E-state index contributed by atoms with van der Waals surface area (Å²) in [6.07, 6.45) is 1.55. The summed E-state index contributed by atoms with van der Waals surface area (Å²) in [5.74, 6) is 1.01. The molecule has 1 N–H and O–H groups in total. The quantitative estimate of drug-likeness (QED) is 0.119. The SMILES string of the molecule is CCOc1cc(/C=N\NC(=O)c2cc3cc(Br)cc(Br)c3o2)cc(I)c1OCc1ccccc1. The molecule has 6 nitrogen and oxygen atoms in total. The first kappa shape index (κ1) is 24.7. The van der Waals surface area contributed by atoms with Gasteiger partial charge in [0.05, 0.1) is 20.9 Å². The first-order valence-electron chi connectivity index (χ1n) is 10.3. The summed E-state index contributed by atoms with van der Waals surface area (Å²) in [6, 6.07) is 19.1. The summed E-state index contributed by atoms with van der Waals surface area (Å²) < 4.78 is 20.0. The predicted molar refractivity (Wildman–Crippen MR) is 148 cm³/mol. The second-order valence-corrected chi connectivity index (χ2v) is 10.1. The molecule has 0 fully saturated rings. The Labute approximate surface area is 227 Å². The number of carbonyl (C=O) groups excluding carboxylic acids is 1. The highest BCUT2D eigenvalue weighted by Gasteiger charge is 2.15. The smallest absolute Gasteiger partial charge is 0.307 e. The lowest BCUT2D eigenvalue weighted by Crippen LogP contribution is -2.16. The zero-order valence-corrected chi connectivity index (χ0v) is 23.3. The number of furan rings is 1. The molecule has 9 heteroatoms. The Kier molecular flexibility index (Phi) is 8.28. The van der Waals surface area contributed by atoms with Gasteiger partial charge in [-0.25, -0.2) is 5.43 Å². The van der Waals surface area contributed by atoms with Crippen LogP contribution in [-0.4, -0.2) is 18.7 Å². The van der Waals surface area contributed by atoms with Gasteiger partial charge in [0, 0.05) is 9.86 Å². The molecule has 0 spiro atoms. The minimum atomic E-state index is -0.446. The summed E-state index contributed by atoms with van der Waals surface area (Å²) in [4.78, 5) is 12.5. The van der Waals surface area contributed by atoms with Crippen molar-refractivity contribution >= 4 is 77.5 Å². The lowest BCUT2D eigenvalue weighted by atomic mass is 10.2. The second kappa shape index (κ2) is 11.4. The fourth-order valence-electron chi connectivity index (χ4n) is 3.20. The molecule has 0 atom stereocenters. The Morgan fingerprint density at radius 1 is 1.12 bits per heavy atom. The molecule has 0 aliphatic carbocycles. The van der Waals surface area contributed by atoms with Crippen LogP contribution in [0.1, 0.15) is 28.6 Å². The summed E-state index contributed by atoms with van der Waals surface area (Å²) in [5, 5.41) is 4.89. The predicted octanol–water partition coefficient (Wildman–Crippen LogP) is 7.30. The van der Waals surface area contributed by atoms with Crippen LogP contribution in [0.5, 0.6) is 11.5 Å². The van der Waals surface area contributed by atoms with E-state index in [2.05, 4.69) is 65.0 Å². The number of nitrogens with zero attached hydrogens (tertiary/aromatic N) is 1. The molecule has 4 aromatic rings. The molecule has 34 heavy (non-hydrogen) atoms. The number of hydrazone groups is 1. The van der Waals surface area contributed by atoms with Crippen molar-refractivity contribution in [2.75, 3.05) is 6.61 Å². The van der Waals surface area contributed by atoms with Gasteiger partial charge in [-0.3, -0.25) is 4.79 Å². The van der Waals surface area contributed by atoms with E-state index in [1.54, 1.807) is 12.3 Å². The lowest BCUT2D eigenvalue weighted by Gasteiger charge is -2.14. The lowest BCUT2D eigenvalue weighted by molar-refractivity contribution is 0.0929. The van der Waals surface area contributed by atoms with Gasteiger partial charge in [-0.05, 0) is 86.9 Å². The maximum Gasteiger partial charge on any atom is 0.307 e. The van der Waals surface area contributed by atoms with E-state index in [0.717, 1.165) is 29.0 Å². The molecule has 174 valence electrons. The van der Waals surface area contributed by atoms with Gasteiger partial charge >= 0.3 is 5.91 Å².